The highest BCUT2D eigenvalue weighted by atomic mass is 16.4. The van der Waals surface area contributed by atoms with Crippen molar-refractivity contribution in [1.82, 2.24) is 5.32 Å². The summed E-state index contributed by atoms with van der Waals surface area (Å²) in [4.78, 5) is 21.6. The Morgan fingerprint density at radius 1 is 1.27 bits per heavy atom. The molecule has 2 N–H and O–H groups in total. The van der Waals surface area contributed by atoms with Gasteiger partial charge in [0.2, 0.25) is 5.91 Å². The van der Waals surface area contributed by atoms with E-state index in [2.05, 4.69) is 5.32 Å². The van der Waals surface area contributed by atoms with Crippen molar-refractivity contribution in [2.75, 3.05) is 0 Å². The van der Waals surface area contributed by atoms with Crippen LogP contribution in [0.1, 0.15) is 45.4 Å². The van der Waals surface area contributed by atoms with Crippen LogP contribution in [0.15, 0.2) is 11.3 Å². The summed E-state index contributed by atoms with van der Waals surface area (Å²) in [7, 11) is 0. The van der Waals surface area contributed by atoms with Crippen molar-refractivity contribution < 1.29 is 14.7 Å². The number of amides is 1. The predicted molar refractivity (Wildman–Crippen MR) is 56.2 cm³/mol. The second-order valence-corrected chi connectivity index (χ2v) is 3.91. The molecule has 0 aromatic carbocycles. The zero-order valence-electron chi connectivity index (χ0n) is 9.01. The lowest BCUT2D eigenvalue weighted by Gasteiger charge is -2.18. The molecule has 1 rings (SSSR count). The Bertz CT molecular complexity index is 294. The minimum absolute atomic E-state index is 0.0616. The molecule has 0 saturated carbocycles. The standard InChI is InChI=1S/C11H17NO3/c1-8-4-2-3-5-9(8)12-10(13)6-7-11(14)15/h2-7H2,1H3,(H,12,13)(H,14,15). The molecule has 0 bridgehead atoms. The fraction of sp³-hybridized carbons (Fsp3) is 0.636. The summed E-state index contributed by atoms with van der Waals surface area (Å²) in [6.07, 6.45) is 4.19. The molecule has 0 spiro atoms. The van der Waals surface area contributed by atoms with Crippen molar-refractivity contribution in [1.29, 1.82) is 0 Å². The van der Waals surface area contributed by atoms with Crippen LogP contribution in [0, 0.1) is 0 Å². The Morgan fingerprint density at radius 2 is 1.93 bits per heavy atom. The first-order valence-electron chi connectivity index (χ1n) is 5.30. The number of hydrogen-bond donors (Lipinski definition) is 2. The van der Waals surface area contributed by atoms with E-state index in [1.54, 1.807) is 0 Å². The summed E-state index contributed by atoms with van der Waals surface area (Å²) in [5, 5.41) is 11.2. The van der Waals surface area contributed by atoms with Crippen LogP contribution in [-0.2, 0) is 9.59 Å². The molecule has 4 heteroatoms. The van der Waals surface area contributed by atoms with Crippen LogP contribution >= 0.6 is 0 Å². The van der Waals surface area contributed by atoms with Gasteiger partial charge in [0.05, 0.1) is 6.42 Å². The average molecular weight is 211 g/mol. The molecule has 1 aliphatic carbocycles. The number of hydrogen-bond acceptors (Lipinski definition) is 2. The van der Waals surface area contributed by atoms with Gasteiger partial charge in [-0.3, -0.25) is 9.59 Å². The van der Waals surface area contributed by atoms with Gasteiger partial charge >= 0.3 is 5.97 Å². The fourth-order valence-electron chi connectivity index (χ4n) is 1.68. The normalized spacial score (nSPS) is 16.3. The lowest BCUT2D eigenvalue weighted by atomic mass is 9.97. The third-order valence-electron chi connectivity index (χ3n) is 2.60. The number of allylic oxidation sites excluding steroid dienone is 2. The first kappa shape index (κ1) is 11.8. The molecule has 0 atom stereocenters. The molecule has 1 amide bonds. The maximum Gasteiger partial charge on any atom is 0.303 e. The molecule has 0 saturated heterocycles. The number of carboxylic acid groups (broad SMARTS) is 1. The Labute approximate surface area is 89.4 Å². The molecule has 4 nitrogen and oxygen atoms in total. The molecule has 0 aromatic rings. The zero-order chi connectivity index (χ0) is 11.3. The van der Waals surface area contributed by atoms with Gasteiger partial charge in [-0.1, -0.05) is 5.57 Å². The molecule has 84 valence electrons. The van der Waals surface area contributed by atoms with E-state index in [1.165, 1.54) is 12.0 Å². The van der Waals surface area contributed by atoms with Crippen molar-refractivity contribution in [3.05, 3.63) is 11.3 Å². The van der Waals surface area contributed by atoms with Crippen LogP contribution in [0.5, 0.6) is 0 Å². The fourth-order valence-corrected chi connectivity index (χ4v) is 1.68. The van der Waals surface area contributed by atoms with E-state index in [9.17, 15) is 9.59 Å². The summed E-state index contributed by atoms with van der Waals surface area (Å²) in [6.45, 7) is 2.02. The van der Waals surface area contributed by atoms with Gasteiger partial charge in [0.15, 0.2) is 0 Å². The molecule has 0 heterocycles. The maximum atomic E-state index is 11.4. The Morgan fingerprint density at radius 3 is 2.53 bits per heavy atom. The number of carbonyl (C=O) groups excluding carboxylic acids is 1. The topological polar surface area (TPSA) is 66.4 Å². The second kappa shape index (κ2) is 5.53. The molecule has 0 fully saturated rings. The molecule has 0 unspecified atom stereocenters. The summed E-state index contributed by atoms with van der Waals surface area (Å²) in [5.74, 6) is -1.12. The number of carboxylic acids is 1. The predicted octanol–water partition coefficient (Wildman–Crippen LogP) is 1.82. The molecule has 0 radical (unpaired) electrons. The number of nitrogens with one attached hydrogen (secondary N) is 1. The van der Waals surface area contributed by atoms with Gasteiger partial charge < -0.3 is 10.4 Å². The minimum atomic E-state index is -0.931. The zero-order valence-corrected chi connectivity index (χ0v) is 9.01. The minimum Gasteiger partial charge on any atom is -0.481 e. The van der Waals surface area contributed by atoms with Crippen LogP contribution in [0.3, 0.4) is 0 Å². The van der Waals surface area contributed by atoms with Crippen LogP contribution in [0.25, 0.3) is 0 Å². The van der Waals surface area contributed by atoms with E-state index < -0.39 is 5.97 Å². The lowest BCUT2D eigenvalue weighted by molar-refractivity contribution is -0.138. The molecular weight excluding hydrogens is 194 g/mol. The average Bonchev–Trinajstić information content (AvgIpc) is 2.18. The van der Waals surface area contributed by atoms with Gasteiger partial charge in [-0.25, -0.2) is 0 Å². The summed E-state index contributed by atoms with van der Waals surface area (Å²) in [5.41, 5.74) is 2.22. The van der Waals surface area contributed by atoms with Crippen LogP contribution in [-0.4, -0.2) is 17.0 Å². The van der Waals surface area contributed by atoms with Gasteiger partial charge in [0, 0.05) is 12.1 Å². The van der Waals surface area contributed by atoms with Gasteiger partial charge in [-0.15, -0.1) is 0 Å². The largest absolute Gasteiger partial charge is 0.481 e. The first-order valence-corrected chi connectivity index (χ1v) is 5.30. The molecular formula is C11H17NO3. The van der Waals surface area contributed by atoms with Crippen LogP contribution < -0.4 is 5.32 Å². The van der Waals surface area contributed by atoms with Crippen LogP contribution in [0.2, 0.25) is 0 Å². The van der Waals surface area contributed by atoms with Crippen molar-refractivity contribution in [3.8, 4) is 0 Å². The van der Waals surface area contributed by atoms with E-state index in [1.807, 2.05) is 6.92 Å². The Kier molecular flexibility index (Phi) is 4.34. The van der Waals surface area contributed by atoms with Gasteiger partial charge in [-0.2, -0.15) is 0 Å². The van der Waals surface area contributed by atoms with Crippen molar-refractivity contribution in [2.45, 2.75) is 45.4 Å². The quantitative estimate of drug-likeness (QED) is 0.745. The third-order valence-corrected chi connectivity index (χ3v) is 2.60. The van der Waals surface area contributed by atoms with Crippen molar-refractivity contribution >= 4 is 11.9 Å². The van der Waals surface area contributed by atoms with E-state index in [0.717, 1.165) is 25.0 Å². The SMILES string of the molecule is CC1=C(NC(=O)CCC(=O)O)CCCC1. The third kappa shape index (κ3) is 4.14. The molecule has 0 aromatic heterocycles. The van der Waals surface area contributed by atoms with E-state index in [4.69, 9.17) is 5.11 Å². The van der Waals surface area contributed by atoms with Crippen molar-refractivity contribution in [3.63, 3.8) is 0 Å². The smallest absolute Gasteiger partial charge is 0.303 e. The molecule has 1 aliphatic rings. The van der Waals surface area contributed by atoms with Gasteiger partial charge in [-0.05, 0) is 32.6 Å². The highest BCUT2D eigenvalue weighted by molar-refractivity contribution is 5.81. The molecule has 0 aliphatic heterocycles. The number of aliphatic carboxylic acids is 1. The maximum absolute atomic E-state index is 11.4. The summed E-state index contributed by atoms with van der Waals surface area (Å²) >= 11 is 0. The molecule has 15 heavy (non-hydrogen) atoms. The Hall–Kier alpha value is -1.32. The van der Waals surface area contributed by atoms with E-state index >= 15 is 0 Å². The summed E-state index contributed by atoms with van der Waals surface area (Å²) in [6, 6.07) is 0. The second-order valence-electron chi connectivity index (χ2n) is 3.91. The lowest BCUT2D eigenvalue weighted by Crippen LogP contribution is -2.25. The number of carbonyl (C=O) groups is 2. The monoisotopic (exact) mass is 211 g/mol. The van der Waals surface area contributed by atoms with Crippen molar-refractivity contribution in [2.24, 2.45) is 0 Å². The van der Waals surface area contributed by atoms with Gasteiger partial charge in [0.1, 0.15) is 0 Å². The highest BCUT2D eigenvalue weighted by Crippen LogP contribution is 2.22. The number of rotatable bonds is 4. The summed E-state index contributed by atoms with van der Waals surface area (Å²) < 4.78 is 0. The van der Waals surface area contributed by atoms with Gasteiger partial charge in [0.25, 0.3) is 0 Å². The first-order chi connectivity index (χ1) is 7.09. The Balaban J connectivity index is 2.40. The van der Waals surface area contributed by atoms with E-state index in [0.29, 0.717) is 0 Å². The van der Waals surface area contributed by atoms with Crippen LogP contribution in [0.4, 0.5) is 0 Å². The highest BCUT2D eigenvalue weighted by Gasteiger charge is 2.12. The van der Waals surface area contributed by atoms with E-state index in [-0.39, 0.29) is 18.7 Å².